The van der Waals surface area contributed by atoms with Crippen LogP contribution in [0.2, 0.25) is 0 Å². The van der Waals surface area contributed by atoms with Crippen LogP contribution in [-0.4, -0.2) is 33.4 Å². The third-order valence-electron chi connectivity index (χ3n) is 5.81. The summed E-state index contributed by atoms with van der Waals surface area (Å²) in [4.78, 5) is 19.4. The summed E-state index contributed by atoms with van der Waals surface area (Å²) in [6.45, 7) is 6.73. The van der Waals surface area contributed by atoms with Gasteiger partial charge in [-0.15, -0.1) is 0 Å². The van der Waals surface area contributed by atoms with Gasteiger partial charge in [-0.2, -0.15) is 0 Å². The highest BCUT2D eigenvalue weighted by atomic mass is 16.3. The normalized spacial score (nSPS) is 16.9. The molecule has 3 aromatic rings. The molecule has 1 amide bonds. The number of hydrogen-bond donors (Lipinski definition) is 0. The maximum Gasteiger partial charge on any atom is 0.223 e. The van der Waals surface area contributed by atoms with Crippen LogP contribution < -0.4 is 0 Å². The van der Waals surface area contributed by atoms with Crippen LogP contribution in [0, 0.1) is 6.92 Å². The number of nitrogens with zero attached hydrogens (tertiary/aromatic N) is 3. The number of rotatable bonds is 6. The van der Waals surface area contributed by atoms with Gasteiger partial charge in [0.2, 0.25) is 5.91 Å². The molecule has 0 aliphatic carbocycles. The van der Waals surface area contributed by atoms with Gasteiger partial charge in [0.25, 0.3) is 0 Å². The third-order valence-corrected chi connectivity index (χ3v) is 5.81. The molecular formula is C24H29N3O2. The van der Waals surface area contributed by atoms with Crippen LogP contribution in [0.4, 0.5) is 0 Å². The molecule has 0 saturated carbocycles. The van der Waals surface area contributed by atoms with Crippen molar-refractivity contribution < 1.29 is 9.21 Å². The van der Waals surface area contributed by atoms with Gasteiger partial charge in [-0.25, -0.2) is 4.98 Å². The number of aromatic nitrogens is 2. The molecule has 0 spiro atoms. The first-order valence-corrected chi connectivity index (χ1v) is 10.6. The first-order chi connectivity index (χ1) is 14.1. The number of imidazole rings is 1. The predicted octanol–water partition coefficient (Wildman–Crippen LogP) is 4.81. The van der Waals surface area contributed by atoms with Crippen molar-refractivity contribution in [3.8, 4) is 11.3 Å². The maximum atomic E-state index is 12.8. The Morgan fingerprint density at radius 1 is 1.21 bits per heavy atom. The molecule has 1 fully saturated rings. The molecular weight excluding hydrogens is 362 g/mol. The van der Waals surface area contributed by atoms with E-state index in [4.69, 9.17) is 4.42 Å². The van der Waals surface area contributed by atoms with Crippen LogP contribution in [0.5, 0.6) is 0 Å². The molecule has 5 nitrogen and oxygen atoms in total. The molecule has 1 aliphatic heterocycles. The topological polar surface area (TPSA) is 51.3 Å². The van der Waals surface area contributed by atoms with E-state index in [1.165, 1.54) is 5.56 Å². The Balaban J connectivity index is 1.34. The second-order valence-corrected chi connectivity index (χ2v) is 7.88. The largest absolute Gasteiger partial charge is 0.461 e. The van der Waals surface area contributed by atoms with E-state index in [0.717, 1.165) is 55.4 Å². The van der Waals surface area contributed by atoms with Crippen LogP contribution >= 0.6 is 0 Å². The zero-order valence-electron chi connectivity index (χ0n) is 17.3. The fourth-order valence-electron chi connectivity index (χ4n) is 4.14. The molecule has 3 heterocycles. The van der Waals surface area contributed by atoms with E-state index in [-0.39, 0.29) is 5.91 Å². The maximum absolute atomic E-state index is 12.8. The summed E-state index contributed by atoms with van der Waals surface area (Å²) in [6, 6.07) is 12.3. The van der Waals surface area contributed by atoms with E-state index >= 15 is 0 Å². The van der Waals surface area contributed by atoms with Crippen molar-refractivity contribution >= 4 is 5.91 Å². The van der Waals surface area contributed by atoms with Crippen LogP contribution in [0.25, 0.3) is 11.3 Å². The van der Waals surface area contributed by atoms with E-state index in [0.29, 0.717) is 18.8 Å². The highest BCUT2D eigenvalue weighted by Gasteiger charge is 2.27. The minimum atomic E-state index is 0.206. The van der Waals surface area contributed by atoms with Crippen LogP contribution in [0.15, 0.2) is 53.2 Å². The number of likely N-dealkylation sites (tertiary alicyclic amines) is 1. The van der Waals surface area contributed by atoms with Crippen molar-refractivity contribution in [2.24, 2.45) is 0 Å². The lowest BCUT2D eigenvalue weighted by molar-refractivity contribution is -0.132. The van der Waals surface area contributed by atoms with Gasteiger partial charge in [0.05, 0.1) is 0 Å². The van der Waals surface area contributed by atoms with Crippen molar-refractivity contribution in [2.45, 2.75) is 52.0 Å². The minimum absolute atomic E-state index is 0.206. The molecule has 4 rings (SSSR count). The Morgan fingerprint density at radius 3 is 2.83 bits per heavy atom. The lowest BCUT2D eigenvalue weighted by Crippen LogP contribution is -2.39. The Hall–Kier alpha value is -2.82. The fourth-order valence-corrected chi connectivity index (χ4v) is 4.14. The average Bonchev–Trinajstić information content (AvgIpc) is 3.42. The second kappa shape index (κ2) is 8.68. The molecule has 5 heteroatoms. The predicted molar refractivity (Wildman–Crippen MR) is 114 cm³/mol. The summed E-state index contributed by atoms with van der Waals surface area (Å²) >= 11 is 0. The molecule has 1 aromatic carbocycles. The highest BCUT2D eigenvalue weighted by Crippen LogP contribution is 2.27. The van der Waals surface area contributed by atoms with E-state index in [9.17, 15) is 4.79 Å². The van der Waals surface area contributed by atoms with E-state index in [1.54, 1.807) is 0 Å². The molecule has 0 bridgehead atoms. The molecule has 1 saturated heterocycles. The first kappa shape index (κ1) is 19.5. The van der Waals surface area contributed by atoms with Gasteiger partial charge in [0.1, 0.15) is 17.3 Å². The lowest BCUT2D eigenvalue weighted by atomic mass is 9.96. The van der Waals surface area contributed by atoms with Gasteiger partial charge in [-0.3, -0.25) is 4.79 Å². The number of benzene rings is 1. The Kier molecular flexibility index (Phi) is 5.84. The molecule has 152 valence electrons. The SMILES string of the molecule is CCn1ccnc1[C@H]1CCCN(C(=O)CCc2ccc(-c3ccc(C)cc3)o2)C1. The van der Waals surface area contributed by atoms with E-state index in [2.05, 4.69) is 47.7 Å². The molecule has 0 N–H and O–H groups in total. The Labute approximate surface area is 172 Å². The number of aryl methyl sites for hydroxylation is 3. The standard InChI is InChI=1S/C24H29N3O2/c1-3-26-16-14-25-24(26)20-5-4-15-27(17-20)23(28)13-11-21-10-12-22(29-21)19-8-6-18(2)7-9-19/h6-10,12,14,16,20H,3-5,11,13,15,17H2,1-2H3/t20-/m0/s1. The van der Waals surface area contributed by atoms with Crippen molar-refractivity contribution in [2.75, 3.05) is 13.1 Å². The monoisotopic (exact) mass is 391 g/mol. The van der Waals surface area contributed by atoms with Gasteiger partial charge in [0, 0.05) is 56.4 Å². The first-order valence-electron chi connectivity index (χ1n) is 10.6. The molecule has 1 aliphatic rings. The number of furan rings is 1. The van der Waals surface area contributed by atoms with Crippen LogP contribution in [0.1, 0.15) is 49.3 Å². The van der Waals surface area contributed by atoms with Crippen molar-refractivity contribution in [1.82, 2.24) is 14.5 Å². The van der Waals surface area contributed by atoms with Gasteiger partial charge in [-0.1, -0.05) is 29.8 Å². The van der Waals surface area contributed by atoms with Crippen molar-refractivity contribution in [1.29, 1.82) is 0 Å². The number of carbonyl (C=O) groups is 1. The summed E-state index contributed by atoms with van der Waals surface area (Å²) in [5, 5.41) is 0. The number of carbonyl (C=O) groups excluding carboxylic acids is 1. The Morgan fingerprint density at radius 2 is 2.03 bits per heavy atom. The summed E-state index contributed by atoms with van der Waals surface area (Å²) in [5.74, 6) is 3.37. The van der Waals surface area contributed by atoms with E-state index in [1.807, 2.05) is 29.4 Å². The van der Waals surface area contributed by atoms with Gasteiger partial charge in [0.15, 0.2) is 0 Å². The molecule has 0 unspecified atom stereocenters. The quantitative estimate of drug-likeness (QED) is 0.606. The lowest BCUT2D eigenvalue weighted by Gasteiger charge is -2.32. The van der Waals surface area contributed by atoms with Gasteiger partial charge < -0.3 is 13.9 Å². The van der Waals surface area contributed by atoms with Crippen LogP contribution in [-0.2, 0) is 17.8 Å². The van der Waals surface area contributed by atoms with Crippen molar-refractivity contribution in [3.05, 3.63) is 65.9 Å². The second-order valence-electron chi connectivity index (χ2n) is 7.88. The summed E-state index contributed by atoms with van der Waals surface area (Å²) in [6.07, 6.45) is 7.14. The summed E-state index contributed by atoms with van der Waals surface area (Å²) in [7, 11) is 0. The summed E-state index contributed by atoms with van der Waals surface area (Å²) in [5.41, 5.74) is 2.30. The minimum Gasteiger partial charge on any atom is -0.461 e. The van der Waals surface area contributed by atoms with Crippen LogP contribution in [0.3, 0.4) is 0 Å². The number of amides is 1. The molecule has 29 heavy (non-hydrogen) atoms. The van der Waals surface area contributed by atoms with Crippen molar-refractivity contribution in [3.63, 3.8) is 0 Å². The van der Waals surface area contributed by atoms with Gasteiger partial charge in [-0.05, 0) is 38.8 Å². The smallest absolute Gasteiger partial charge is 0.223 e. The van der Waals surface area contributed by atoms with Gasteiger partial charge >= 0.3 is 0 Å². The fraction of sp³-hybridized carbons (Fsp3) is 0.417. The zero-order valence-corrected chi connectivity index (χ0v) is 17.3. The average molecular weight is 392 g/mol. The summed E-state index contributed by atoms with van der Waals surface area (Å²) < 4.78 is 8.16. The molecule has 0 radical (unpaired) electrons. The highest BCUT2D eigenvalue weighted by molar-refractivity contribution is 5.76. The zero-order chi connectivity index (χ0) is 20.2. The molecule has 2 aromatic heterocycles. The third kappa shape index (κ3) is 4.44. The van der Waals surface area contributed by atoms with E-state index < -0.39 is 0 Å². The number of piperidine rings is 1. The Bertz CT molecular complexity index is 955. The molecule has 1 atom stereocenters. The number of hydrogen-bond acceptors (Lipinski definition) is 3.